The zero-order chi connectivity index (χ0) is 15.7. The lowest BCUT2D eigenvalue weighted by atomic mass is 10.2. The van der Waals surface area contributed by atoms with Crippen LogP contribution in [0.4, 0.5) is 4.39 Å². The van der Waals surface area contributed by atoms with Crippen LogP contribution >= 0.6 is 0 Å². The fourth-order valence-electron chi connectivity index (χ4n) is 0.569. The van der Waals surface area contributed by atoms with Crippen LogP contribution in [0.25, 0.3) is 0 Å². The quantitative estimate of drug-likeness (QED) is 0.680. The normalized spacial score (nSPS) is 10.4. The number of halogens is 1. The van der Waals surface area contributed by atoms with Crippen LogP contribution in [0.15, 0.2) is 30.3 Å². The van der Waals surface area contributed by atoms with E-state index in [2.05, 4.69) is 10.3 Å². The van der Waals surface area contributed by atoms with Gasteiger partial charge in [0.15, 0.2) is 0 Å². The number of primary sulfonamides is 2. The van der Waals surface area contributed by atoms with Crippen LogP contribution in [0.2, 0.25) is 0 Å². The van der Waals surface area contributed by atoms with E-state index in [0.717, 1.165) is 12.5 Å². The summed E-state index contributed by atoms with van der Waals surface area (Å²) in [7, 11) is -6.33. The molecule has 10 heteroatoms. The number of rotatable bonds is 1. The molecule has 0 unspecified atom stereocenters. The molecule has 4 N–H and O–H groups in total. The standard InChI is InChI=1S/C7H5FO.2CH5NO2S/c8-7(9)6-4-2-1-3-5-6;2*1-5(2,3)4/h1-5H;2*1H3,(H2,2,3,4). The van der Waals surface area contributed by atoms with Crippen molar-refractivity contribution in [1.29, 1.82) is 0 Å². The molecule has 1 aromatic carbocycles. The lowest BCUT2D eigenvalue weighted by Gasteiger charge is -1.86. The zero-order valence-electron chi connectivity index (χ0n) is 10.3. The molecule has 0 aromatic heterocycles. The maximum absolute atomic E-state index is 11.8. The SMILES string of the molecule is CS(N)(=O)=O.CS(N)(=O)=O.O=C(F)c1ccccc1. The van der Waals surface area contributed by atoms with Crippen molar-refractivity contribution < 1.29 is 26.0 Å². The second-order valence-electron chi connectivity index (χ2n) is 3.30. The molecule has 19 heavy (non-hydrogen) atoms. The fourth-order valence-corrected chi connectivity index (χ4v) is 0.569. The van der Waals surface area contributed by atoms with Gasteiger partial charge >= 0.3 is 6.04 Å². The lowest BCUT2D eigenvalue weighted by Crippen LogP contribution is -2.07. The van der Waals surface area contributed by atoms with Crippen molar-refractivity contribution in [3.05, 3.63) is 35.9 Å². The summed E-state index contributed by atoms with van der Waals surface area (Å²) in [5.41, 5.74) is 0.109. The Morgan fingerprint density at radius 1 is 0.947 bits per heavy atom. The molecular weight excluding hydrogens is 299 g/mol. The summed E-state index contributed by atoms with van der Waals surface area (Å²) < 4.78 is 49.4. The van der Waals surface area contributed by atoms with Crippen LogP contribution in [-0.2, 0) is 20.0 Å². The first-order valence-corrected chi connectivity index (χ1v) is 8.42. The number of hydrogen-bond donors (Lipinski definition) is 2. The first-order valence-electron chi connectivity index (χ1n) is 4.51. The third-order valence-electron chi connectivity index (χ3n) is 1.00. The van der Waals surface area contributed by atoms with E-state index in [1.807, 2.05) is 0 Å². The third kappa shape index (κ3) is 31.5. The van der Waals surface area contributed by atoms with Crippen LogP contribution in [0.3, 0.4) is 0 Å². The Kier molecular flexibility index (Phi) is 9.13. The van der Waals surface area contributed by atoms with Crippen molar-refractivity contribution in [3.63, 3.8) is 0 Å². The van der Waals surface area contributed by atoms with Gasteiger partial charge < -0.3 is 0 Å². The van der Waals surface area contributed by atoms with Gasteiger partial charge in [0, 0.05) is 0 Å². The molecule has 0 radical (unpaired) electrons. The summed E-state index contributed by atoms with van der Waals surface area (Å²) in [5.74, 6) is 0. The van der Waals surface area contributed by atoms with Gasteiger partial charge in [-0.1, -0.05) is 18.2 Å². The van der Waals surface area contributed by atoms with Crippen molar-refractivity contribution in [3.8, 4) is 0 Å². The van der Waals surface area contributed by atoms with E-state index in [-0.39, 0.29) is 5.56 Å². The maximum Gasteiger partial charge on any atom is 0.332 e. The second-order valence-corrected chi connectivity index (χ2v) is 6.62. The van der Waals surface area contributed by atoms with Gasteiger partial charge in [0.2, 0.25) is 20.0 Å². The first-order chi connectivity index (χ1) is 8.30. The van der Waals surface area contributed by atoms with Crippen molar-refractivity contribution in [2.24, 2.45) is 10.3 Å². The van der Waals surface area contributed by atoms with E-state index in [1.165, 1.54) is 12.1 Å². The minimum atomic E-state index is -3.17. The first kappa shape index (κ1) is 20.0. The highest BCUT2D eigenvalue weighted by molar-refractivity contribution is 7.88. The summed E-state index contributed by atoms with van der Waals surface area (Å²) >= 11 is 0. The summed E-state index contributed by atoms with van der Waals surface area (Å²) in [6.45, 7) is 0. The topological polar surface area (TPSA) is 137 Å². The van der Waals surface area contributed by atoms with E-state index in [0.29, 0.717) is 0 Å². The molecule has 7 nitrogen and oxygen atoms in total. The van der Waals surface area contributed by atoms with Crippen molar-refractivity contribution >= 4 is 26.1 Å². The van der Waals surface area contributed by atoms with Gasteiger partial charge in [0.25, 0.3) is 0 Å². The molecular formula is C9H15FN2O5S2. The molecule has 1 rings (SSSR count). The zero-order valence-corrected chi connectivity index (χ0v) is 11.9. The molecule has 0 saturated heterocycles. The fraction of sp³-hybridized carbons (Fsp3) is 0.222. The summed E-state index contributed by atoms with van der Waals surface area (Å²) in [5, 5.41) is 8.65. The predicted molar refractivity (Wildman–Crippen MR) is 69.9 cm³/mol. The van der Waals surface area contributed by atoms with E-state index in [1.54, 1.807) is 18.2 Å². The largest absolute Gasteiger partial charge is 0.332 e. The van der Waals surface area contributed by atoms with E-state index in [9.17, 15) is 26.0 Å². The predicted octanol–water partition coefficient (Wildman–Crippen LogP) is -0.394. The molecule has 0 aliphatic carbocycles. The van der Waals surface area contributed by atoms with Crippen molar-refractivity contribution in [2.75, 3.05) is 12.5 Å². The molecule has 0 heterocycles. The van der Waals surface area contributed by atoms with Gasteiger partial charge in [-0.2, -0.15) is 4.39 Å². The van der Waals surface area contributed by atoms with Crippen molar-refractivity contribution in [1.82, 2.24) is 0 Å². The average Bonchev–Trinajstić information content (AvgIpc) is 2.13. The van der Waals surface area contributed by atoms with Gasteiger partial charge in [0.1, 0.15) is 0 Å². The minimum Gasteiger partial charge on any atom is -0.255 e. The van der Waals surface area contributed by atoms with Gasteiger partial charge in [-0.3, -0.25) is 4.79 Å². The highest BCUT2D eigenvalue weighted by Crippen LogP contribution is 1.98. The maximum atomic E-state index is 11.8. The second kappa shape index (κ2) is 8.69. The Labute approximate surface area is 111 Å². The summed E-state index contributed by atoms with van der Waals surface area (Å²) in [6, 6.07) is 6.45. The Hall–Kier alpha value is -1.36. The smallest absolute Gasteiger partial charge is 0.255 e. The Morgan fingerprint density at radius 2 is 1.21 bits per heavy atom. The number of carbonyl (C=O) groups is 1. The molecule has 0 aliphatic rings. The molecule has 0 saturated carbocycles. The monoisotopic (exact) mass is 314 g/mol. The lowest BCUT2D eigenvalue weighted by molar-refractivity contribution is 0.0836. The molecule has 0 amide bonds. The highest BCUT2D eigenvalue weighted by atomic mass is 32.2. The molecule has 1 aromatic rings. The Morgan fingerprint density at radius 3 is 1.37 bits per heavy atom. The number of benzene rings is 1. The van der Waals surface area contributed by atoms with E-state index >= 15 is 0 Å². The molecule has 0 bridgehead atoms. The summed E-state index contributed by atoms with van der Waals surface area (Å²) in [4.78, 5) is 9.98. The number of hydrogen-bond acceptors (Lipinski definition) is 5. The van der Waals surface area contributed by atoms with Crippen LogP contribution in [0, 0.1) is 0 Å². The van der Waals surface area contributed by atoms with E-state index in [4.69, 9.17) is 0 Å². The van der Waals surface area contributed by atoms with Gasteiger partial charge in [0.05, 0.1) is 18.1 Å². The van der Waals surface area contributed by atoms with E-state index < -0.39 is 26.1 Å². The molecule has 0 atom stereocenters. The molecule has 110 valence electrons. The number of nitrogens with two attached hydrogens (primary N) is 2. The van der Waals surface area contributed by atoms with Gasteiger partial charge in [-0.05, 0) is 12.1 Å². The molecule has 0 spiro atoms. The number of sulfonamides is 2. The van der Waals surface area contributed by atoms with Crippen LogP contribution in [0.5, 0.6) is 0 Å². The Balaban J connectivity index is 0. The summed E-state index contributed by atoms with van der Waals surface area (Å²) in [6.07, 6.45) is 1.88. The molecule has 0 fully saturated rings. The Bertz CT molecular complexity index is 538. The van der Waals surface area contributed by atoms with Gasteiger partial charge in [-0.25, -0.2) is 27.1 Å². The van der Waals surface area contributed by atoms with Crippen LogP contribution < -0.4 is 10.3 Å². The third-order valence-corrected chi connectivity index (χ3v) is 1.00. The van der Waals surface area contributed by atoms with Crippen molar-refractivity contribution in [2.45, 2.75) is 0 Å². The van der Waals surface area contributed by atoms with Crippen LogP contribution in [0.1, 0.15) is 10.4 Å². The average molecular weight is 314 g/mol. The van der Waals surface area contributed by atoms with Gasteiger partial charge in [-0.15, -0.1) is 0 Å². The van der Waals surface area contributed by atoms with Crippen LogP contribution in [-0.4, -0.2) is 35.4 Å². The molecule has 0 aliphatic heterocycles. The number of carbonyl (C=O) groups excluding carboxylic acids is 1. The highest BCUT2D eigenvalue weighted by Gasteiger charge is 1.98. The minimum absolute atomic E-state index is 0.109.